The van der Waals surface area contributed by atoms with E-state index in [4.69, 9.17) is 4.74 Å². The fourth-order valence-corrected chi connectivity index (χ4v) is 2.71. The molecule has 1 rings (SSSR count). The van der Waals surface area contributed by atoms with E-state index in [1.165, 1.54) is 0 Å². The molecular formula is C16H31N3O3. The zero-order valence-electron chi connectivity index (χ0n) is 14.4. The van der Waals surface area contributed by atoms with Gasteiger partial charge in [0.25, 0.3) is 0 Å². The highest BCUT2D eigenvalue weighted by atomic mass is 16.5. The first kappa shape index (κ1) is 18.9. The number of carbonyl (C=O) groups excluding carboxylic acids is 2. The molecule has 3 N–H and O–H groups in total. The van der Waals surface area contributed by atoms with E-state index in [-0.39, 0.29) is 29.2 Å². The SMILES string of the molecule is COCC1(CNC(=O)CNC(=O)CC(C)(C)C)CCNCC1. The molecule has 128 valence electrons. The number of methoxy groups -OCH3 is 1. The number of carbonyl (C=O) groups is 2. The standard InChI is InChI=1S/C16H31N3O3/c1-15(2,3)9-13(20)18-10-14(21)19-11-16(12-22-4)5-7-17-8-6-16/h17H,5-12H2,1-4H3,(H,18,20)(H,19,21). The van der Waals surface area contributed by atoms with Crippen molar-refractivity contribution in [3.8, 4) is 0 Å². The van der Waals surface area contributed by atoms with Gasteiger partial charge in [0, 0.05) is 25.5 Å². The molecule has 0 atom stereocenters. The van der Waals surface area contributed by atoms with Crippen molar-refractivity contribution in [2.24, 2.45) is 10.8 Å². The van der Waals surface area contributed by atoms with Crippen molar-refractivity contribution in [1.29, 1.82) is 0 Å². The Labute approximate surface area is 133 Å². The van der Waals surface area contributed by atoms with Crippen LogP contribution >= 0.6 is 0 Å². The number of ether oxygens (including phenoxy) is 1. The second-order valence-corrected chi connectivity index (χ2v) is 7.47. The van der Waals surface area contributed by atoms with Gasteiger partial charge in [-0.25, -0.2) is 0 Å². The van der Waals surface area contributed by atoms with E-state index in [1.807, 2.05) is 20.8 Å². The average Bonchev–Trinajstić information content (AvgIpc) is 2.42. The summed E-state index contributed by atoms with van der Waals surface area (Å²) in [5, 5.41) is 8.93. The van der Waals surface area contributed by atoms with Crippen molar-refractivity contribution in [3.63, 3.8) is 0 Å². The van der Waals surface area contributed by atoms with Crippen LogP contribution in [0.2, 0.25) is 0 Å². The quantitative estimate of drug-likeness (QED) is 0.645. The summed E-state index contributed by atoms with van der Waals surface area (Å²) in [4.78, 5) is 23.6. The Kier molecular flexibility index (Phi) is 7.29. The third kappa shape index (κ3) is 7.22. The van der Waals surface area contributed by atoms with Crippen LogP contribution in [-0.2, 0) is 14.3 Å². The van der Waals surface area contributed by atoms with E-state index in [2.05, 4.69) is 16.0 Å². The van der Waals surface area contributed by atoms with Gasteiger partial charge in [-0.3, -0.25) is 9.59 Å². The molecule has 1 fully saturated rings. The van der Waals surface area contributed by atoms with Crippen LogP contribution in [0.25, 0.3) is 0 Å². The van der Waals surface area contributed by atoms with E-state index in [0.717, 1.165) is 25.9 Å². The fourth-order valence-electron chi connectivity index (χ4n) is 2.71. The Balaban J connectivity index is 2.33. The van der Waals surface area contributed by atoms with Gasteiger partial charge < -0.3 is 20.7 Å². The molecule has 0 aromatic heterocycles. The second-order valence-electron chi connectivity index (χ2n) is 7.47. The molecule has 1 heterocycles. The zero-order valence-corrected chi connectivity index (χ0v) is 14.4. The van der Waals surface area contributed by atoms with Gasteiger partial charge in [0.2, 0.25) is 11.8 Å². The summed E-state index contributed by atoms with van der Waals surface area (Å²) in [7, 11) is 1.69. The Bertz CT molecular complexity index is 366. The lowest BCUT2D eigenvalue weighted by Crippen LogP contribution is -2.48. The van der Waals surface area contributed by atoms with Crippen LogP contribution in [0, 0.1) is 10.8 Å². The molecular weight excluding hydrogens is 282 g/mol. The largest absolute Gasteiger partial charge is 0.384 e. The first-order valence-corrected chi connectivity index (χ1v) is 7.99. The lowest BCUT2D eigenvalue weighted by atomic mass is 9.79. The van der Waals surface area contributed by atoms with Gasteiger partial charge in [-0.15, -0.1) is 0 Å². The minimum atomic E-state index is -0.142. The van der Waals surface area contributed by atoms with Gasteiger partial charge in [0.15, 0.2) is 0 Å². The van der Waals surface area contributed by atoms with E-state index in [1.54, 1.807) is 7.11 Å². The van der Waals surface area contributed by atoms with Crippen molar-refractivity contribution in [1.82, 2.24) is 16.0 Å². The third-order valence-corrected chi connectivity index (χ3v) is 3.91. The first-order chi connectivity index (χ1) is 10.3. The summed E-state index contributed by atoms with van der Waals surface area (Å²) in [6.45, 7) is 9.16. The molecule has 0 unspecified atom stereocenters. The van der Waals surface area contributed by atoms with Crippen LogP contribution < -0.4 is 16.0 Å². The minimum Gasteiger partial charge on any atom is -0.384 e. The summed E-state index contributed by atoms with van der Waals surface area (Å²) in [5.41, 5.74) is -0.0662. The van der Waals surface area contributed by atoms with Crippen molar-refractivity contribution >= 4 is 11.8 Å². The Morgan fingerprint density at radius 1 is 1.14 bits per heavy atom. The normalized spacial score (nSPS) is 17.8. The molecule has 22 heavy (non-hydrogen) atoms. The highest BCUT2D eigenvalue weighted by molar-refractivity contribution is 5.84. The highest BCUT2D eigenvalue weighted by Gasteiger charge is 2.32. The summed E-state index contributed by atoms with van der Waals surface area (Å²) in [6, 6.07) is 0. The molecule has 0 saturated carbocycles. The third-order valence-electron chi connectivity index (χ3n) is 3.91. The number of piperidine rings is 1. The number of hydrogen-bond acceptors (Lipinski definition) is 4. The zero-order chi connectivity index (χ0) is 16.6. The number of amides is 2. The van der Waals surface area contributed by atoms with Gasteiger partial charge >= 0.3 is 0 Å². The van der Waals surface area contributed by atoms with Crippen LogP contribution in [0.15, 0.2) is 0 Å². The monoisotopic (exact) mass is 313 g/mol. The maximum absolute atomic E-state index is 11.9. The van der Waals surface area contributed by atoms with Crippen molar-refractivity contribution in [2.75, 3.05) is 39.9 Å². The lowest BCUT2D eigenvalue weighted by Gasteiger charge is -2.37. The van der Waals surface area contributed by atoms with Gasteiger partial charge in [-0.1, -0.05) is 20.8 Å². The summed E-state index contributed by atoms with van der Waals surface area (Å²) in [6.07, 6.45) is 2.38. The first-order valence-electron chi connectivity index (χ1n) is 7.99. The van der Waals surface area contributed by atoms with Crippen LogP contribution in [0.1, 0.15) is 40.0 Å². The minimum absolute atomic E-state index is 0.00504. The van der Waals surface area contributed by atoms with E-state index in [9.17, 15) is 9.59 Å². The van der Waals surface area contributed by atoms with Crippen molar-refractivity contribution in [2.45, 2.75) is 40.0 Å². The molecule has 1 aliphatic heterocycles. The Morgan fingerprint density at radius 3 is 2.32 bits per heavy atom. The maximum atomic E-state index is 11.9. The Morgan fingerprint density at radius 2 is 1.77 bits per heavy atom. The van der Waals surface area contributed by atoms with Gasteiger partial charge in [0.05, 0.1) is 13.2 Å². The number of hydrogen-bond donors (Lipinski definition) is 3. The van der Waals surface area contributed by atoms with E-state index < -0.39 is 0 Å². The molecule has 0 aromatic carbocycles. The molecule has 6 heteroatoms. The maximum Gasteiger partial charge on any atom is 0.239 e. The average molecular weight is 313 g/mol. The van der Waals surface area contributed by atoms with E-state index >= 15 is 0 Å². The second kappa shape index (κ2) is 8.48. The van der Waals surface area contributed by atoms with Crippen LogP contribution in [-0.4, -0.2) is 51.7 Å². The topological polar surface area (TPSA) is 79.5 Å². The Hall–Kier alpha value is -1.14. The van der Waals surface area contributed by atoms with Crippen molar-refractivity contribution in [3.05, 3.63) is 0 Å². The molecule has 1 aliphatic rings. The summed E-state index contributed by atoms with van der Waals surface area (Å²) in [5.74, 6) is -0.229. The summed E-state index contributed by atoms with van der Waals surface area (Å²) >= 11 is 0. The predicted octanol–water partition coefficient (Wildman–Crippen LogP) is 0.671. The van der Waals surface area contributed by atoms with Gasteiger partial charge in [0.1, 0.15) is 0 Å². The van der Waals surface area contributed by atoms with Crippen molar-refractivity contribution < 1.29 is 14.3 Å². The smallest absolute Gasteiger partial charge is 0.239 e. The predicted molar refractivity (Wildman–Crippen MR) is 86.5 cm³/mol. The van der Waals surface area contributed by atoms with Gasteiger partial charge in [-0.05, 0) is 31.3 Å². The van der Waals surface area contributed by atoms with Crippen LogP contribution in [0.3, 0.4) is 0 Å². The molecule has 6 nitrogen and oxygen atoms in total. The molecule has 0 spiro atoms. The van der Waals surface area contributed by atoms with Crippen LogP contribution in [0.5, 0.6) is 0 Å². The molecule has 0 aromatic rings. The molecule has 0 bridgehead atoms. The van der Waals surface area contributed by atoms with E-state index in [0.29, 0.717) is 19.6 Å². The summed E-state index contributed by atoms with van der Waals surface area (Å²) < 4.78 is 5.32. The highest BCUT2D eigenvalue weighted by Crippen LogP contribution is 2.28. The van der Waals surface area contributed by atoms with Crippen LogP contribution in [0.4, 0.5) is 0 Å². The molecule has 0 aliphatic carbocycles. The number of rotatable bonds is 7. The van der Waals surface area contributed by atoms with Gasteiger partial charge in [-0.2, -0.15) is 0 Å². The molecule has 2 amide bonds. The lowest BCUT2D eigenvalue weighted by molar-refractivity contribution is -0.127. The molecule has 0 radical (unpaired) electrons. The fraction of sp³-hybridized carbons (Fsp3) is 0.875. The molecule has 1 saturated heterocycles. The number of nitrogens with one attached hydrogen (secondary N) is 3.